The lowest BCUT2D eigenvalue weighted by Gasteiger charge is -2.19. The van der Waals surface area contributed by atoms with E-state index >= 15 is 0 Å². The molecule has 0 amide bonds. The van der Waals surface area contributed by atoms with E-state index < -0.39 is 10.0 Å². The van der Waals surface area contributed by atoms with Crippen molar-refractivity contribution >= 4 is 32.4 Å². The number of anilines is 2. The number of nitrogens with one attached hydrogen (secondary N) is 2. The Labute approximate surface area is 200 Å². The minimum Gasteiger partial charge on any atom is -0.379 e. The summed E-state index contributed by atoms with van der Waals surface area (Å²) >= 11 is 0. The van der Waals surface area contributed by atoms with E-state index in [0.29, 0.717) is 29.0 Å². The van der Waals surface area contributed by atoms with Crippen molar-refractivity contribution in [1.29, 1.82) is 0 Å². The zero-order valence-electron chi connectivity index (χ0n) is 20.1. The third-order valence-electron chi connectivity index (χ3n) is 6.01. The van der Waals surface area contributed by atoms with Crippen LogP contribution < -0.4 is 15.7 Å². The monoisotopic (exact) mass is 478 g/mol. The first-order valence-electron chi connectivity index (χ1n) is 11.1. The van der Waals surface area contributed by atoms with E-state index in [9.17, 15) is 13.2 Å². The van der Waals surface area contributed by atoms with Gasteiger partial charge in [-0.3, -0.25) is 13.9 Å². The molecular formula is C26H30N4O3S. The Balaban J connectivity index is 1.74. The molecule has 2 N–H and O–H groups in total. The molecule has 0 aliphatic carbocycles. The zero-order valence-corrected chi connectivity index (χ0v) is 20.9. The second-order valence-electron chi connectivity index (χ2n) is 9.51. The van der Waals surface area contributed by atoms with E-state index in [1.54, 1.807) is 42.9 Å². The lowest BCUT2D eigenvalue weighted by molar-refractivity contribution is 0.587. The predicted octanol–water partition coefficient (Wildman–Crippen LogP) is 4.59. The number of rotatable bonds is 6. The predicted molar refractivity (Wildman–Crippen MR) is 138 cm³/mol. The van der Waals surface area contributed by atoms with E-state index in [-0.39, 0.29) is 16.0 Å². The summed E-state index contributed by atoms with van der Waals surface area (Å²) in [6.45, 7) is 6.75. The summed E-state index contributed by atoms with van der Waals surface area (Å²) in [7, 11) is -0.478. The van der Waals surface area contributed by atoms with Gasteiger partial charge in [-0.25, -0.2) is 13.2 Å². The largest absolute Gasteiger partial charge is 0.379 e. The van der Waals surface area contributed by atoms with Gasteiger partial charge in [-0.1, -0.05) is 63.2 Å². The van der Waals surface area contributed by atoms with Crippen molar-refractivity contribution in [2.45, 2.75) is 37.6 Å². The number of aryl methyl sites for hydroxylation is 2. The fourth-order valence-electron chi connectivity index (χ4n) is 3.91. The van der Waals surface area contributed by atoms with Crippen LogP contribution in [0.5, 0.6) is 0 Å². The standard InChI is InChI=1S/C26H30N4O3S/c1-26(2,3)19-11-13-20(14-12-19)34(32,33)28-22-16-24-23(29(4)25(31)30(24)5)15-21(22)27-17-18-9-7-6-8-10-18/h6-16,27-28H,17H2,1-5H3. The quantitative estimate of drug-likeness (QED) is 0.425. The molecule has 0 bridgehead atoms. The van der Waals surface area contributed by atoms with Crippen molar-refractivity contribution in [3.05, 3.63) is 88.3 Å². The number of sulfonamides is 1. The van der Waals surface area contributed by atoms with Crippen LogP contribution in [0.4, 0.5) is 11.4 Å². The average Bonchev–Trinajstić information content (AvgIpc) is 3.01. The van der Waals surface area contributed by atoms with Crippen molar-refractivity contribution < 1.29 is 8.42 Å². The van der Waals surface area contributed by atoms with Gasteiger partial charge in [-0.05, 0) is 40.8 Å². The molecule has 0 spiro atoms. The van der Waals surface area contributed by atoms with Crippen LogP contribution in [-0.4, -0.2) is 17.6 Å². The Morgan fingerprint density at radius 3 is 1.94 bits per heavy atom. The van der Waals surface area contributed by atoms with Crippen LogP contribution in [0.15, 0.2) is 76.4 Å². The highest BCUT2D eigenvalue weighted by atomic mass is 32.2. The van der Waals surface area contributed by atoms with Crippen LogP contribution >= 0.6 is 0 Å². The van der Waals surface area contributed by atoms with Gasteiger partial charge in [-0.2, -0.15) is 0 Å². The Hall–Kier alpha value is -3.52. The molecule has 0 atom stereocenters. The van der Waals surface area contributed by atoms with Gasteiger partial charge in [0.2, 0.25) is 0 Å². The number of hydrogen-bond donors (Lipinski definition) is 2. The van der Waals surface area contributed by atoms with Gasteiger partial charge in [-0.15, -0.1) is 0 Å². The highest BCUT2D eigenvalue weighted by Gasteiger charge is 2.20. The average molecular weight is 479 g/mol. The lowest BCUT2D eigenvalue weighted by atomic mass is 9.87. The highest BCUT2D eigenvalue weighted by Crippen LogP contribution is 2.31. The van der Waals surface area contributed by atoms with Crippen LogP contribution in [0.2, 0.25) is 0 Å². The van der Waals surface area contributed by atoms with E-state index in [0.717, 1.165) is 11.1 Å². The van der Waals surface area contributed by atoms with E-state index in [4.69, 9.17) is 0 Å². The third kappa shape index (κ3) is 4.59. The SMILES string of the molecule is Cn1c(=O)n(C)c2cc(NS(=O)(=O)c3ccc(C(C)(C)C)cc3)c(NCc3ccccc3)cc21. The van der Waals surface area contributed by atoms with Gasteiger partial charge >= 0.3 is 5.69 Å². The Bertz CT molecular complexity index is 1490. The van der Waals surface area contributed by atoms with E-state index in [1.165, 1.54) is 4.57 Å². The maximum Gasteiger partial charge on any atom is 0.328 e. The number of benzene rings is 3. The first kappa shape index (κ1) is 23.6. The lowest BCUT2D eigenvalue weighted by Crippen LogP contribution is -2.19. The second kappa shape index (κ2) is 8.68. The summed E-state index contributed by atoms with van der Waals surface area (Å²) in [5.41, 5.74) is 4.17. The molecule has 3 aromatic carbocycles. The molecule has 8 heteroatoms. The Kier molecular flexibility index (Phi) is 6.03. The van der Waals surface area contributed by atoms with Gasteiger partial charge in [0.15, 0.2) is 0 Å². The van der Waals surface area contributed by atoms with Crippen LogP contribution in [-0.2, 0) is 36.1 Å². The Morgan fingerprint density at radius 1 is 0.824 bits per heavy atom. The number of nitrogens with zero attached hydrogens (tertiary/aromatic N) is 2. The maximum atomic E-state index is 13.3. The molecule has 0 unspecified atom stereocenters. The molecule has 1 heterocycles. The van der Waals surface area contributed by atoms with Crippen molar-refractivity contribution in [2.24, 2.45) is 14.1 Å². The molecule has 0 radical (unpaired) electrons. The minimum atomic E-state index is -3.85. The van der Waals surface area contributed by atoms with Crippen LogP contribution in [0.25, 0.3) is 11.0 Å². The molecule has 4 rings (SSSR count). The molecular weight excluding hydrogens is 448 g/mol. The first-order valence-corrected chi connectivity index (χ1v) is 12.6. The second-order valence-corrected chi connectivity index (χ2v) is 11.2. The van der Waals surface area contributed by atoms with Crippen molar-refractivity contribution in [3.8, 4) is 0 Å². The minimum absolute atomic E-state index is 0.0760. The summed E-state index contributed by atoms with van der Waals surface area (Å²) in [5.74, 6) is 0. The summed E-state index contributed by atoms with van der Waals surface area (Å²) in [6, 6.07) is 20.3. The summed E-state index contributed by atoms with van der Waals surface area (Å²) in [6.07, 6.45) is 0. The summed E-state index contributed by atoms with van der Waals surface area (Å²) in [4.78, 5) is 12.7. The van der Waals surface area contributed by atoms with Gasteiger partial charge in [0.05, 0.1) is 27.3 Å². The molecule has 178 valence electrons. The molecule has 7 nitrogen and oxygen atoms in total. The Morgan fingerprint density at radius 2 is 1.38 bits per heavy atom. The van der Waals surface area contributed by atoms with Crippen molar-refractivity contribution in [3.63, 3.8) is 0 Å². The third-order valence-corrected chi connectivity index (χ3v) is 7.39. The number of hydrogen-bond acceptors (Lipinski definition) is 4. The van der Waals surface area contributed by atoms with Crippen LogP contribution in [0, 0.1) is 0 Å². The van der Waals surface area contributed by atoms with E-state index in [2.05, 4.69) is 30.8 Å². The molecule has 0 aliphatic heterocycles. The molecule has 0 fully saturated rings. The number of aromatic nitrogens is 2. The summed E-state index contributed by atoms with van der Waals surface area (Å²) < 4.78 is 32.3. The smallest absolute Gasteiger partial charge is 0.328 e. The topological polar surface area (TPSA) is 85.1 Å². The molecule has 1 aromatic heterocycles. The molecule has 4 aromatic rings. The van der Waals surface area contributed by atoms with Crippen molar-refractivity contribution in [1.82, 2.24) is 9.13 Å². The number of imidazole rings is 1. The normalized spacial score (nSPS) is 12.1. The fourth-order valence-corrected chi connectivity index (χ4v) is 4.98. The fraction of sp³-hybridized carbons (Fsp3) is 0.269. The van der Waals surface area contributed by atoms with Gasteiger partial charge < -0.3 is 5.32 Å². The maximum absolute atomic E-state index is 13.3. The molecule has 0 saturated carbocycles. The highest BCUT2D eigenvalue weighted by molar-refractivity contribution is 7.92. The summed E-state index contributed by atoms with van der Waals surface area (Å²) in [5, 5.41) is 3.33. The van der Waals surface area contributed by atoms with Crippen LogP contribution in [0.3, 0.4) is 0 Å². The van der Waals surface area contributed by atoms with E-state index in [1.807, 2.05) is 42.5 Å². The van der Waals surface area contributed by atoms with Gasteiger partial charge in [0.25, 0.3) is 10.0 Å². The zero-order chi connectivity index (χ0) is 24.7. The molecule has 0 saturated heterocycles. The van der Waals surface area contributed by atoms with Crippen LogP contribution in [0.1, 0.15) is 31.9 Å². The van der Waals surface area contributed by atoms with Crippen molar-refractivity contribution in [2.75, 3.05) is 10.0 Å². The number of fused-ring (bicyclic) bond motifs is 1. The van der Waals surface area contributed by atoms with Gasteiger partial charge in [0.1, 0.15) is 0 Å². The molecule has 34 heavy (non-hydrogen) atoms. The van der Waals surface area contributed by atoms with Gasteiger partial charge in [0, 0.05) is 20.6 Å². The molecule has 0 aliphatic rings. The first-order chi connectivity index (χ1) is 16.0.